The second-order valence-corrected chi connectivity index (χ2v) is 7.22. The lowest BCUT2D eigenvalue weighted by atomic mass is 9.91. The Balaban J connectivity index is 1.52. The minimum absolute atomic E-state index is 0.803. The van der Waals surface area contributed by atoms with Gasteiger partial charge >= 0.3 is 0 Å². The molecule has 2 atom stereocenters. The minimum Gasteiger partial charge on any atom is -0.370 e. The van der Waals surface area contributed by atoms with Crippen molar-refractivity contribution in [1.29, 1.82) is 0 Å². The van der Waals surface area contributed by atoms with Crippen LogP contribution in [0.4, 0.5) is 0 Å². The second-order valence-electron chi connectivity index (χ2n) is 5.99. The topological polar surface area (TPSA) is 41.6 Å². The number of rotatable bonds is 3. The van der Waals surface area contributed by atoms with Crippen LogP contribution in [-0.4, -0.2) is 42.0 Å². The molecule has 4 heteroatoms. The number of hydrogen-bond donors (Lipinski definition) is 1. The molecule has 1 saturated heterocycles. The third kappa shape index (κ3) is 2.95. The molecule has 3 aliphatic rings. The van der Waals surface area contributed by atoms with Crippen molar-refractivity contribution in [3.8, 4) is 0 Å². The van der Waals surface area contributed by atoms with Gasteiger partial charge in [-0.25, -0.2) is 0 Å². The molecular formula is C14H25N3S. The van der Waals surface area contributed by atoms with E-state index < -0.39 is 0 Å². The van der Waals surface area contributed by atoms with Crippen molar-refractivity contribution in [2.45, 2.75) is 32.1 Å². The summed E-state index contributed by atoms with van der Waals surface area (Å²) in [4.78, 5) is 6.96. The largest absolute Gasteiger partial charge is 0.370 e. The van der Waals surface area contributed by atoms with Crippen LogP contribution >= 0.6 is 11.8 Å². The lowest BCUT2D eigenvalue weighted by Crippen LogP contribution is -2.43. The molecule has 0 amide bonds. The Labute approximate surface area is 115 Å². The summed E-state index contributed by atoms with van der Waals surface area (Å²) < 4.78 is 0. The Morgan fingerprint density at radius 2 is 1.94 bits per heavy atom. The molecule has 0 aromatic rings. The van der Waals surface area contributed by atoms with E-state index in [4.69, 9.17) is 10.7 Å². The molecule has 0 aromatic heterocycles. The van der Waals surface area contributed by atoms with E-state index in [1.165, 1.54) is 43.6 Å². The Bertz CT molecular complexity index is 308. The molecule has 3 nitrogen and oxygen atoms in total. The molecule has 3 fully saturated rings. The highest BCUT2D eigenvalue weighted by molar-refractivity contribution is 7.99. The Kier molecular flexibility index (Phi) is 4.02. The van der Waals surface area contributed by atoms with E-state index in [0.29, 0.717) is 0 Å². The van der Waals surface area contributed by atoms with Gasteiger partial charge in [-0.2, -0.15) is 11.8 Å². The molecule has 0 spiro atoms. The van der Waals surface area contributed by atoms with Crippen LogP contribution in [-0.2, 0) is 0 Å². The van der Waals surface area contributed by atoms with Crippen LogP contribution in [0.2, 0.25) is 0 Å². The van der Waals surface area contributed by atoms with Crippen LogP contribution in [0.15, 0.2) is 4.99 Å². The van der Waals surface area contributed by atoms with Crippen molar-refractivity contribution in [3.63, 3.8) is 0 Å². The third-order valence-corrected chi connectivity index (χ3v) is 5.71. The number of nitrogens with zero attached hydrogens (tertiary/aromatic N) is 2. The molecule has 2 N–H and O–H groups in total. The Morgan fingerprint density at radius 1 is 1.17 bits per heavy atom. The van der Waals surface area contributed by atoms with E-state index in [9.17, 15) is 0 Å². The molecule has 102 valence electrons. The second kappa shape index (κ2) is 5.72. The van der Waals surface area contributed by atoms with Crippen LogP contribution in [0.1, 0.15) is 32.1 Å². The summed E-state index contributed by atoms with van der Waals surface area (Å²) in [5.74, 6) is 6.04. The number of nitrogens with two attached hydrogens (primary N) is 1. The average Bonchev–Trinajstić information content (AvgIpc) is 3.16. The fourth-order valence-corrected chi connectivity index (χ4v) is 4.44. The molecule has 0 radical (unpaired) electrons. The predicted molar refractivity (Wildman–Crippen MR) is 78.9 cm³/mol. The summed E-state index contributed by atoms with van der Waals surface area (Å²) >= 11 is 2.02. The van der Waals surface area contributed by atoms with E-state index >= 15 is 0 Å². The van der Waals surface area contributed by atoms with Crippen molar-refractivity contribution in [2.75, 3.05) is 31.1 Å². The SMILES string of the molecule is NC(=NCC1CCCC1C1CC1)N1CCSCC1. The molecule has 1 heterocycles. The first-order valence-corrected chi connectivity index (χ1v) is 8.62. The van der Waals surface area contributed by atoms with Crippen molar-refractivity contribution in [3.05, 3.63) is 0 Å². The van der Waals surface area contributed by atoms with Crippen LogP contribution in [0, 0.1) is 17.8 Å². The van der Waals surface area contributed by atoms with E-state index in [1.54, 1.807) is 0 Å². The summed E-state index contributed by atoms with van der Waals surface area (Å²) in [5.41, 5.74) is 6.13. The standard InChI is InChI=1S/C14H25N3S/c15-14(17-6-8-18-9-7-17)16-10-12-2-1-3-13(12)11-4-5-11/h11-13H,1-10H2,(H2,15,16). The highest BCUT2D eigenvalue weighted by Crippen LogP contribution is 2.48. The monoisotopic (exact) mass is 267 g/mol. The first-order valence-electron chi connectivity index (χ1n) is 7.47. The fourth-order valence-electron chi connectivity index (χ4n) is 3.54. The molecule has 1 aliphatic heterocycles. The van der Waals surface area contributed by atoms with Gasteiger partial charge in [-0.15, -0.1) is 0 Å². The molecule has 18 heavy (non-hydrogen) atoms. The maximum Gasteiger partial charge on any atom is 0.191 e. The smallest absolute Gasteiger partial charge is 0.191 e. The van der Waals surface area contributed by atoms with Gasteiger partial charge in [0.05, 0.1) is 0 Å². The molecule has 0 bridgehead atoms. The van der Waals surface area contributed by atoms with Crippen LogP contribution in [0.3, 0.4) is 0 Å². The number of aliphatic imine (C=N–C) groups is 1. The minimum atomic E-state index is 0.803. The van der Waals surface area contributed by atoms with Crippen LogP contribution in [0.25, 0.3) is 0 Å². The summed E-state index contributed by atoms with van der Waals surface area (Å²) in [6, 6.07) is 0. The highest BCUT2D eigenvalue weighted by Gasteiger charge is 2.38. The maximum atomic E-state index is 6.13. The van der Waals surface area contributed by atoms with Crippen molar-refractivity contribution < 1.29 is 0 Å². The van der Waals surface area contributed by atoms with Crippen LogP contribution in [0.5, 0.6) is 0 Å². The predicted octanol–water partition coefficient (Wildman–Crippen LogP) is 2.18. The van der Waals surface area contributed by atoms with Crippen LogP contribution < -0.4 is 5.73 Å². The van der Waals surface area contributed by atoms with Gasteiger partial charge in [-0.3, -0.25) is 4.99 Å². The van der Waals surface area contributed by atoms with Gasteiger partial charge < -0.3 is 10.6 Å². The van der Waals surface area contributed by atoms with Crippen molar-refractivity contribution in [2.24, 2.45) is 28.5 Å². The van der Waals surface area contributed by atoms with Gasteiger partial charge in [-0.1, -0.05) is 6.42 Å². The van der Waals surface area contributed by atoms with Gasteiger partial charge in [0.25, 0.3) is 0 Å². The molecule has 2 saturated carbocycles. The first kappa shape index (κ1) is 12.6. The first-order chi connectivity index (χ1) is 8.84. The number of hydrogen-bond acceptors (Lipinski definition) is 2. The normalized spacial score (nSPS) is 34.0. The van der Waals surface area contributed by atoms with E-state index in [0.717, 1.165) is 43.3 Å². The van der Waals surface area contributed by atoms with Crippen molar-refractivity contribution >= 4 is 17.7 Å². The van der Waals surface area contributed by atoms with Gasteiger partial charge in [-0.05, 0) is 43.4 Å². The Hall–Kier alpha value is -0.380. The zero-order valence-electron chi connectivity index (χ0n) is 11.2. The quantitative estimate of drug-likeness (QED) is 0.629. The number of thioether (sulfide) groups is 1. The summed E-state index contributed by atoms with van der Waals surface area (Å²) in [6.45, 7) is 3.14. The molecule has 0 aromatic carbocycles. The maximum absolute atomic E-state index is 6.13. The van der Waals surface area contributed by atoms with Gasteiger partial charge in [0.1, 0.15) is 0 Å². The van der Waals surface area contributed by atoms with Gasteiger partial charge in [0.15, 0.2) is 5.96 Å². The molecule has 2 aliphatic carbocycles. The molecule has 3 rings (SSSR count). The van der Waals surface area contributed by atoms with Gasteiger partial charge in [0.2, 0.25) is 0 Å². The van der Waals surface area contributed by atoms with E-state index in [-0.39, 0.29) is 0 Å². The van der Waals surface area contributed by atoms with Crippen molar-refractivity contribution in [1.82, 2.24) is 4.90 Å². The Morgan fingerprint density at radius 3 is 2.67 bits per heavy atom. The van der Waals surface area contributed by atoms with Gasteiger partial charge in [0, 0.05) is 31.1 Å². The number of guanidine groups is 1. The molecule has 2 unspecified atom stereocenters. The summed E-state index contributed by atoms with van der Waals surface area (Å²) in [6.07, 6.45) is 7.20. The van der Waals surface area contributed by atoms with E-state index in [2.05, 4.69) is 4.90 Å². The zero-order valence-corrected chi connectivity index (χ0v) is 12.0. The summed E-state index contributed by atoms with van der Waals surface area (Å²) in [5, 5.41) is 0. The zero-order chi connectivity index (χ0) is 12.4. The fraction of sp³-hybridized carbons (Fsp3) is 0.929. The third-order valence-electron chi connectivity index (χ3n) is 4.77. The van der Waals surface area contributed by atoms with E-state index in [1.807, 2.05) is 11.8 Å². The highest BCUT2D eigenvalue weighted by atomic mass is 32.2. The molecular weight excluding hydrogens is 242 g/mol. The lowest BCUT2D eigenvalue weighted by Gasteiger charge is -2.27. The summed E-state index contributed by atoms with van der Waals surface area (Å²) in [7, 11) is 0. The average molecular weight is 267 g/mol. The lowest BCUT2D eigenvalue weighted by molar-refractivity contribution is 0.351.